The number of nitrogens with zero attached hydrogens (tertiary/aromatic N) is 2. The first kappa shape index (κ1) is 17.9. The van der Waals surface area contributed by atoms with Gasteiger partial charge in [-0.25, -0.2) is 0 Å². The lowest BCUT2D eigenvalue weighted by Crippen LogP contribution is -2.26. The van der Waals surface area contributed by atoms with Crippen molar-refractivity contribution in [2.45, 2.75) is 13.5 Å². The van der Waals surface area contributed by atoms with E-state index in [1.54, 1.807) is 33.2 Å². The molecule has 0 heterocycles. The van der Waals surface area contributed by atoms with Crippen LogP contribution in [0.5, 0.6) is 5.75 Å². The van der Waals surface area contributed by atoms with Crippen molar-refractivity contribution in [1.82, 2.24) is 4.90 Å². The molecule has 6 nitrogen and oxygen atoms in total. The topological polar surface area (TPSA) is 72.7 Å². The normalized spacial score (nSPS) is 10.3. The Balaban J connectivity index is 2.26. The number of methoxy groups -OCH3 is 1. The third kappa shape index (κ3) is 3.91. The number of hydrogen-bond acceptors (Lipinski definition) is 4. The van der Waals surface area contributed by atoms with Crippen LogP contribution in [-0.4, -0.2) is 29.9 Å². The summed E-state index contributed by atoms with van der Waals surface area (Å²) in [4.78, 5) is 24.6. The molecular formula is C17H17BrN2O4. The fourth-order valence-electron chi connectivity index (χ4n) is 2.36. The lowest BCUT2D eigenvalue weighted by molar-refractivity contribution is -0.385. The molecule has 7 heteroatoms. The first-order valence-corrected chi connectivity index (χ1v) is 7.95. The largest absolute Gasteiger partial charge is 0.496 e. The number of benzene rings is 2. The van der Waals surface area contributed by atoms with Crippen LogP contribution in [0.15, 0.2) is 40.9 Å². The summed E-state index contributed by atoms with van der Waals surface area (Å²) in [6.45, 7) is 1.96. The van der Waals surface area contributed by atoms with Gasteiger partial charge in [-0.15, -0.1) is 0 Å². The van der Waals surface area contributed by atoms with E-state index in [0.717, 1.165) is 10.0 Å². The zero-order chi connectivity index (χ0) is 17.9. The van der Waals surface area contributed by atoms with E-state index < -0.39 is 4.92 Å². The minimum absolute atomic E-state index is 0.0608. The second kappa shape index (κ2) is 7.44. The van der Waals surface area contributed by atoms with Crippen molar-refractivity contribution in [2.24, 2.45) is 0 Å². The van der Waals surface area contributed by atoms with Crippen LogP contribution in [0.1, 0.15) is 21.5 Å². The van der Waals surface area contributed by atoms with Gasteiger partial charge in [0.1, 0.15) is 5.75 Å². The molecule has 0 aliphatic heterocycles. The molecule has 0 spiro atoms. The number of halogens is 1. The first-order valence-electron chi connectivity index (χ1n) is 7.16. The summed E-state index contributed by atoms with van der Waals surface area (Å²) in [7, 11) is 3.21. The molecule has 0 radical (unpaired) electrons. The molecule has 126 valence electrons. The summed E-state index contributed by atoms with van der Waals surface area (Å²) in [5.74, 6) is 0.382. The van der Waals surface area contributed by atoms with Gasteiger partial charge < -0.3 is 9.64 Å². The standard InChI is InChI=1S/C17H17BrN2O4/c1-11-4-5-12(9-15(11)20(22)23)17(21)19(2)10-13-8-14(18)6-7-16(13)24-3/h4-9H,10H2,1-3H3. The zero-order valence-corrected chi connectivity index (χ0v) is 15.2. The van der Waals surface area contributed by atoms with Crippen molar-refractivity contribution in [3.63, 3.8) is 0 Å². The number of rotatable bonds is 5. The molecule has 24 heavy (non-hydrogen) atoms. The van der Waals surface area contributed by atoms with Crippen molar-refractivity contribution in [2.75, 3.05) is 14.2 Å². The van der Waals surface area contributed by atoms with Gasteiger partial charge in [0.15, 0.2) is 0 Å². The van der Waals surface area contributed by atoms with Crippen LogP contribution in [0, 0.1) is 17.0 Å². The van der Waals surface area contributed by atoms with Crippen LogP contribution in [0.3, 0.4) is 0 Å². The molecule has 0 atom stereocenters. The Morgan fingerprint density at radius 2 is 2.00 bits per heavy atom. The Morgan fingerprint density at radius 1 is 1.29 bits per heavy atom. The van der Waals surface area contributed by atoms with Gasteiger partial charge in [-0.3, -0.25) is 14.9 Å². The van der Waals surface area contributed by atoms with Gasteiger partial charge in [-0.05, 0) is 31.2 Å². The van der Waals surface area contributed by atoms with Gasteiger partial charge in [-0.1, -0.05) is 22.0 Å². The fourth-order valence-corrected chi connectivity index (χ4v) is 2.77. The minimum Gasteiger partial charge on any atom is -0.496 e. The Morgan fingerprint density at radius 3 is 2.62 bits per heavy atom. The van der Waals surface area contributed by atoms with Crippen LogP contribution >= 0.6 is 15.9 Å². The highest BCUT2D eigenvalue weighted by atomic mass is 79.9. The number of ether oxygens (including phenoxy) is 1. The Labute approximate surface area is 148 Å². The molecule has 0 saturated carbocycles. The smallest absolute Gasteiger partial charge is 0.273 e. The number of amides is 1. The van der Waals surface area contributed by atoms with E-state index in [1.807, 2.05) is 18.2 Å². The average molecular weight is 393 g/mol. The second-order valence-electron chi connectivity index (χ2n) is 5.38. The number of carbonyl (C=O) groups is 1. The molecule has 2 aromatic rings. The zero-order valence-electron chi connectivity index (χ0n) is 13.6. The van der Waals surface area contributed by atoms with Crippen molar-refractivity contribution < 1.29 is 14.5 Å². The van der Waals surface area contributed by atoms with Crippen molar-refractivity contribution in [3.8, 4) is 5.75 Å². The van der Waals surface area contributed by atoms with Crippen LogP contribution in [0.4, 0.5) is 5.69 Å². The molecule has 2 aromatic carbocycles. The van der Waals surface area contributed by atoms with E-state index >= 15 is 0 Å². The maximum Gasteiger partial charge on any atom is 0.273 e. The molecule has 0 aliphatic carbocycles. The third-order valence-corrected chi connectivity index (χ3v) is 4.14. The number of nitro groups is 1. The summed E-state index contributed by atoms with van der Waals surface area (Å²) < 4.78 is 6.18. The van der Waals surface area contributed by atoms with Gasteiger partial charge in [0.2, 0.25) is 0 Å². The van der Waals surface area contributed by atoms with Crippen LogP contribution in [0.25, 0.3) is 0 Å². The molecule has 0 unspecified atom stereocenters. The highest BCUT2D eigenvalue weighted by Crippen LogP contribution is 2.25. The van der Waals surface area contributed by atoms with E-state index in [1.165, 1.54) is 11.0 Å². The number of aryl methyl sites for hydroxylation is 1. The maximum absolute atomic E-state index is 12.6. The van der Waals surface area contributed by atoms with Crippen LogP contribution < -0.4 is 4.74 Å². The number of nitro benzene ring substituents is 1. The predicted molar refractivity (Wildman–Crippen MR) is 94.3 cm³/mol. The summed E-state index contributed by atoms with van der Waals surface area (Å²) in [5, 5.41) is 11.0. The van der Waals surface area contributed by atoms with E-state index in [4.69, 9.17) is 4.74 Å². The molecule has 0 fully saturated rings. The predicted octanol–water partition coefficient (Wildman–Crippen LogP) is 3.95. The summed E-state index contributed by atoms with van der Waals surface area (Å²) in [5.41, 5.74) is 1.58. The van der Waals surface area contributed by atoms with Crippen molar-refractivity contribution in [1.29, 1.82) is 0 Å². The quantitative estimate of drug-likeness (QED) is 0.570. The second-order valence-corrected chi connectivity index (χ2v) is 6.29. The SMILES string of the molecule is COc1ccc(Br)cc1CN(C)C(=O)c1ccc(C)c([N+](=O)[O-])c1. The fraction of sp³-hybridized carbons (Fsp3) is 0.235. The number of hydrogen-bond donors (Lipinski definition) is 0. The molecule has 0 aliphatic rings. The maximum atomic E-state index is 12.6. The molecular weight excluding hydrogens is 376 g/mol. The van der Waals surface area contributed by atoms with Crippen molar-refractivity contribution >= 4 is 27.5 Å². The minimum atomic E-state index is -0.483. The molecule has 0 saturated heterocycles. The monoisotopic (exact) mass is 392 g/mol. The van der Waals surface area contributed by atoms with Gasteiger partial charge in [0, 0.05) is 40.8 Å². The average Bonchev–Trinajstić information content (AvgIpc) is 2.54. The Bertz CT molecular complexity index is 792. The Kier molecular flexibility index (Phi) is 5.56. The van der Waals surface area contributed by atoms with Gasteiger partial charge in [0.25, 0.3) is 11.6 Å². The van der Waals surface area contributed by atoms with Gasteiger partial charge >= 0.3 is 0 Å². The summed E-state index contributed by atoms with van der Waals surface area (Å²) in [6.07, 6.45) is 0. The van der Waals surface area contributed by atoms with Crippen molar-refractivity contribution in [3.05, 3.63) is 67.7 Å². The van der Waals surface area contributed by atoms with E-state index in [0.29, 0.717) is 17.9 Å². The lowest BCUT2D eigenvalue weighted by Gasteiger charge is -2.19. The highest BCUT2D eigenvalue weighted by molar-refractivity contribution is 9.10. The highest BCUT2D eigenvalue weighted by Gasteiger charge is 2.18. The summed E-state index contributed by atoms with van der Waals surface area (Å²) >= 11 is 3.40. The number of carbonyl (C=O) groups excluding carboxylic acids is 1. The molecule has 0 aromatic heterocycles. The van der Waals surface area contributed by atoms with Crippen LogP contribution in [0.2, 0.25) is 0 Å². The van der Waals surface area contributed by atoms with E-state index in [2.05, 4.69) is 15.9 Å². The molecule has 2 rings (SSSR count). The molecule has 1 amide bonds. The molecule has 0 N–H and O–H groups in total. The van der Waals surface area contributed by atoms with Crippen LogP contribution in [-0.2, 0) is 6.54 Å². The molecule has 0 bridgehead atoms. The Hall–Kier alpha value is -2.41. The van der Waals surface area contributed by atoms with Gasteiger partial charge in [0.05, 0.1) is 12.0 Å². The third-order valence-electron chi connectivity index (χ3n) is 3.65. The summed E-state index contributed by atoms with van der Waals surface area (Å²) in [6, 6.07) is 10.0. The van der Waals surface area contributed by atoms with E-state index in [9.17, 15) is 14.9 Å². The lowest BCUT2D eigenvalue weighted by atomic mass is 10.1. The van der Waals surface area contributed by atoms with E-state index in [-0.39, 0.29) is 17.2 Å². The van der Waals surface area contributed by atoms with Gasteiger partial charge in [-0.2, -0.15) is 0 Å². The first-order chi connectivity index (χ1) is 11.3.